The summed E-state index contributed by atoms with van der Waals surface area (Å²) in [6.07, 6.45) is -0.248. The van der Waals surface area contributed by atoms with Gasteiger partial charge in [0, 0.05) is 11.6 Å². The zero-order chi connectivity index (χ0) is 15.4. The van der Waals surface area contributed by atoms with Gasteiger partial charge in [-0.25, -0.2) is 0 Å². The highest BCUT2D eigenvalue weighted by Gasteiger charge is 2.22. The van der Waals surface area contributed by atoms with Crippen LogP contribution in [0.1, 0.15) is 29.7 Å². The Kier molecular flexibility index (Phi) is 4.86. The highest BCUT2D eigenvalue weighted by atomic mass is 16.5. The monoisotopic (exact) mass is 285 g/mol. The third-order valence-corrected chi connectivity index (χ3v) is 3.52. The van der Waals surface area contributed by atoms with Crippen LogP contribution < -0.4 is 15.2 Å². The zero-order valence-corrected chi connectivity index (χ0v) is 13.1. The summed E-state index contributed by atoms with van der Waals surface area (Å²) in [5, 5.41) is 0. The van der Waals surface area contributed by atoms with E-state index in [9.17, 15) is 0 Å². The smallest absolute Gasteiger partial charge is 0.142 e. The Morgan fingerprint density at radius 2 is 1.71 bits per heavy atom. The first-order valence-corrected chi connectivity index (χ1v) is 7.15. The Morgan fingerprint density at radius 3 is 2.38 bits per heavy atom. The van der Waals surface area contributed by atoms with E-state index in [0.29, 0.717) is 0 Å². The Bertz CT molecular complexity index is 608. The standard InChI is InChI=1S/C18H23NO2/c1-12-9-10-13(2)17(11-12)21-18(14(3)19)15-7-5-6-8-16(15)20-4/h5-11,14,18H,19H2,1-4H3. The van der Waals surface area contributed by atoms with E-state index in [1.165, 1.54) is 5.56 Å². The maximum atomic E-state index is 6.21. The molecular formula is C18H23NO2. The van der Waals surface area contributed by atoms with Crippen LogP contribution in [0.25, 0.3) is 0 Å². The third-order valence-electron chi connectivity index (χ3n) is 3.52. The number of methoxy groups -OCH3 is 1. The topological polar surface area (TPSA) is 44.5 Å². The van der Waals surface area contributed by atoms with Crippen LogP contribution in [-0.2, 0) is 0 Å². The Labute approximate surface area is 126 Å². The van der Waals surface area contributed by atoms with E-state index >= 15 is 0 Å². The molecule has 2 rings (SSSR count). The van der Waals surface area contributed by atoms with Gasteiger partial charge in [0.2, 0.25) is 0 Å². The number of nitrogens with two attached hydrogens (primary N) is 1. The van der Waals surface area contributed by atoms with Gasteiger partial charge in [-0.1, -0.05) is 30.3 Å². The van der Waals surface area contributed by atoms with Crippen molar-refractivity contribution in [2.75, 3.05) is 7.11 Å². The van der Waals surface area contributed by atoms with E-state index in [-0.39, 0.29) is 12.1 Å². The average Bonchev–Trinajstić information content (AvgIpc) is 2.47. The molecule has 2 unspecified atom stereocenters. The molecule has 0 saturated carbocycles. The van der Waals surface area contributed by atoms with Crippen molar-refractivity contribution in [3.8, 4) is 11.5 Å². The van der Waals surface area contributed by atoms with Gasteiger partial charge in [0.15, 0.2) is 0 Å². The number of hydrogen-bond acceptors (Lipinski definition) is 3. The quantitative estimate of drug-likeness (QED) is 0.909. The fraction of sp³-hybridized carbons (Fsp3) is 0.333. The van der Waals surface area contributed by atoms with Gasteiger partial charge in [-0.15, -0.1) is 0 Å². The lowest BCUT2D eigenvalue weighted by Crippen LogP contribution is -2.29. The summed E-state index contributed by atoms with van der Waals surface area (Å²) in [6, 6.07) is 13.9. The van der Waals surface area contributed by atoms with Crippen LogP contribution in [0, 0.1) is 13.8 Å². The van der Waals surface area contributed by atoms with E-state index in [4.69, 9.17) is 15.2 Å². The van der Waals surface area contributed by atoms with Crippen molar-refractivity contribution >= 4 is 0 Å². The van der Waals surface area contributed by atoms with E-state index < -0.39 is 0 Å². The molecule has 2 aromatic rings. The molecule has 0 spiro atoms. The second kappa shape index (κ2) is 6.64. The lowest BCUT2D eigenvalue weighted by atomic mass is 10.0. The van der Waals surface area contributed by atoms with Crippen LogP contribution in [-0.4, -0.2) is 13.2 Å². The molecule has 3 nitrogen and oxygen atoms in total. The van der Waals surface area contributed by atoms with Crippen molar-refractivity contribution in [3.05, 3.63) is 59.2 Å². The highest BCUT2D eigenvalue weighted by Crippen LogP contribution is 2.32. The first-order chi connectivity index (χ1) is 10.0. The molecule has 21 heavy (non-hydrogen) atoms. The van der Waals surface area contributed by atoms with E-state index in [1.807, 2.05) is 44.2 Å². The predicted octanol–water partition coefficient (Wildman–Crippen LogP) is 3.78. The largest absolute Gasteiger partial charge is 0.496 e. The molecule has 2 N–H and O–H groups in total. The van der Waals surface area contributed by atoms with E-state index in [0.717, 1.165) is 22.6 Å². The molecule has 0 bridgehead atoms. The molecule has 0 fully saturated rings. The van der Waals surface area contributed by atoms with Gasteiger partial charge < -0.3 is 15.2 Å². The van der Waals surface area contributed by atoms with Crippen molar-refractivity contribution in [2.45, 2.75) is 32.9 Å². The minimum Gasteiger partial charge on any atom is -0.496 e. The Morgan fingerprint density at radius 1 is 1.00 bits per heavy atom. The first kappa shape index (κ1) is 15.4. The molecule has 0 aromatic heterocycles. The Hall–Kier alpha value is -2.00. The maximum Gasteiger partial charge on any atom is 0.142 e. The fourth-order valence-corrected chi connectivity index (χ4v) is 2.33. The van der Waals surface area contributed by atoms with Crippen LogP contribution in [0.2, 0.25) is 0 Å². The fourth-order valence-electron chi connectivity index (χ4n) is 2.33. The Balaban J connectivity index is 2.38. The van der Waals surface area contributed by atoms with Gasteiger partial charge in [-0.3, -0.25) is 0 Å². The molecule has 0 radical (unpaired) electrons. The summed E-state index contributed by atoms with van der Waals surface area (Å²) in [5.74, 6) is 1.66. The average molecular weight is 285 g/mol. The minimum atomic E-state index is -0.248. The van der Waals surface area contributed by atoms with Gasteiger partial charge in [0.05, 0.1) is 7.11 Å². The van der Waals surface area contributed by atoms with E-state index in [2.05, 4.69) is 19.1 Å². The molecule has 0 aliphatic heterocycles. The van der Waals surface area contributed by atoms with Crippen molar-refractivity contribution in [3.63, 3.8) is 0 Å². The molecule has 0 saturated heterocycles. The molecule has 2 aromatic carbocycles. The third kappa shape index (κ3) is 3.56. The SMILES string of the molecule is COc1ccccc1C(Oc1cc(C)ccc1C)C(C)N. The number of aryl methyl sites for hydroxylation is 2. The molecular weight excluding hydrogens is 262 g/mol. The number of benzene rings is 2. The number of para-hydroxylation sites is 1. The van der Waals surface area contributed by atoms with Gasteiger partial charge in [-0.2, -0.15) is 0 Å². The normalized spacial score (nSPS) is 13.6. The molecule has 2 atom stereocenters. The van der Waals surface area contributed by atoms with Crippen molar-refractivity contribution in [2.24, 2.45) is 5.73 Å². The molecule has 0 heterocycles. The van der Waals surface area contributed by atoms with Crippen LogP contribution in [0.5, 0.6) is 11.5 Å². The summed E-state index contributed by atoms with van der Waals surface area (Å²) >= 11 is 0. The van der Waals surface area contributed by atoms with Crippen molar-refractivity contribution < 1.29 is 9.47 Å². The zero-order valence-electron chi connectivity index (χ0n) is 13.1. The first-order valence-electron chi connectivity index (χ1n) is 7.15. The van der Waals surface area contributed by atoms with Crippen LogP contribution >= 0.6 is 0 Å². The van der Waals surface area contributed by atoms with E-state index in [1.54, 1.807) is 7.11 Å². The second-order valence-corrected chi connectivity index (χ2v) is 5.41. The number of hydrogen-bond donors (Lipinski definition) is 1. The van der Waals surface area contributed by atoms with Gasteiger partial charge >= 0.3 is 0 Å². The van der Waals surface area contributed by atoms with Crippen LogP contribution in [0.3, 0.4) is 0 Å². The molecule has 0 aliphatic rings. The number of rotatable bonds is 5. The molecule has 0 amide bonds. The van der Waals surface area contributed by atoms with Gasteiger partial charge in [-0.05, 0) is 44.0 Å². The summed E-state index contributed by atoms with van der Waals surface area (Å²) in [7, 11) is 1.66. The van der Waals surface area contributed by atoms with Crippen LogP contribution in [0.15, 0.2) is 42.5 Å². The molecule has 3 heteroatoms. The van der Waals surface area contributed by atoms with Crippen molar-refractivity contribution in [1.82, 2.24) is 0 Å². The summed E-state index contributed by atoms with van der Waals surface area (Å²) in [6.45, 7) is 6.04. The predicted molar refractivity (Wildman–Crippen MR) is 85.9 cm³/mol. The number of ether oxygens (including phenoxy) is 2. The van der Waals surface area contributed by atoms with Crippen LogP contribution in [0.4, 0.5) is 0 Å². The minimum absolute atomic E-state index is 0.152. The molecule has 112 valence electrons. The summed E-state index contributed by atoms with van der Waals surface area (Å²) in [4.78, 5) is 0. The second-order valence-electron chi connectivity index (χ2n) is 5.41. The van der Waals surface area contributed by atoms with Gasteiger partial charge in [0.1, 0.15) is 17.6 Å². The van der Waals surface area contributed by atoms with Crippen molar-refractivity contribution in [1.29, 1.82) is 0 Å². The molecule has 0 aliphatic carbocycles. The lowest BCUT2D eigenvalue weighted by Gasteiger charge is -2.25. The summed E-state index contributed by atoms with van der Waals surface area (Å²) < 4.78 is 11.6. The lowest BCUT2D eigenvalue weighted by molar-refractivity contribution is 0.175. The summed E-state index contributed by atoms with van der Waals surface area (Å²) in [5.41, 5.74) is 9.38. The highest BCUT2D eigenvalue weighted by molar-refractivity contribution is 5.40. The van der Waals surface area contributed by atoms with Gasteiger partial charge in [0.25, 0.3) is 0 Å². The maximum absolute atomic E-state index is 6.21.